The van der Waals surface area contributed by atoms with Crippen LogP contribution in [0.1, 0.15) is 39.5 Å². The first-order chi connectivity index (χ1) is 10.6. The number of ether oxygens (including phenoxy) is 1. The molecule has 0 aromatic heterocycles. The molecule has 0 unspecified atom stereocenters. The van der Waals surface area contributed by atoms with Crippen LogP contribution in [0.4, 0.5) is 13.2 Å². The van der Waals surface area contributed by atoms with Crippen molar-refractivity contribution in [2.24, 2.45) is 11.8 Å². The summed E-state index contributed by atoms with van der Waals surface area (Å²) in [6.07, 6.45) is -2.97. The molecule has 1 aliphatic heterocycles. The van der Waals surface area contributed by atoms with Crippen molar-refractivity contribution in [2.75, 3.05) is 19.6 Å². The smallest absolute Gasteiger partial charge is 0.373 e. The van der Waals surface area contributed by atoms with Gasteiger partial charge in [0.2, 0.25) is 0 Å². The van der Waals surface area contributed by atoms with Crippen LogP contribution in [0.3, 0.4) is 0 Å². The number of hydrogen-bond donors (Lipinski definition) is 1. The first kappa shape index (κ1) is 19.0. The molecule has 136 valence electrons. The third-order valence-electron chi connectivity index (χ3n) is 4.58. The molecule has 0 bridgehead atoms. The molecule has 4 atom stereocenters. The van der Waals surface area contributed by atoms with Gasteiger partial charge in [0.1, 0.15) is 0 Å². The molecule has 1 saturated heterocycles. The van der Waals surface area contributed by atoms with Gasteiger partial charge in [-0.2, -0.15) is 25.9 Å². The van der Waals surface area contributed by atoms with E-state index in [-0.39, 0.29) is 38.3 Å². The summed E-state index contributed by atoms with van der Waals surface area (Å²) in [6.45, 7) is 3.82. The first-order valence-corrected chi connectivity index (χ1v) is 9.50. The Balaban J connectivity index is 1.97. The number of halogens is 3. The molecular formula is C14H25F3N2O3S. The predicted octanol–water partition coefficient (Wildman–Crippen LogP) is 2.30. The van der Waals surface area contributed by atoms with Gasteiger partial charge in [0, 0.05) is 19.6 Å². The largest absolute Gasteiger partial charge is 0.392 e. The zero-order valence-corrected chi connectivity index (χ0v) is 14.3. The van der Waals surface area contributed by atoms with E-state index >= 15 is 0 Å². The molecule has 2 fully saturated rings. The monoisotopic (exact) mass is 358 g/mol. The fourth-order valence-corrected chi connectivity index (χ4v) is 4.93. The molecule has 0 aromatic carbocycles. The van der Waals surface area contributed by atoms with E-state index in [2.05, 4.69) is 4.72 Å². The van der Waals surface area contributed by atoms with Crippen LogP contribution < -0.4 is 4.72 Å². The Bertz CT molecular complexity index is 488. The van der Waals surface area contributed by atoms with Crippen molar-refractivity contribution in [3.05, 3.63) is 0 Å². The molecule has 9 heteroatoms. The normalized spacial score (nSPS) is 34.5. The Kier molecular flexibility index (Phi) is 5.97. The lowest BCUT2D eigenvalue weighted by Gasteiger charge is -2.36. The van der Waals surface area contributed by atoms with Crippen LogP contribution in [0, 0.1) is 11.8 Å². The van der Waals surface area contributed by atoms with Gasteiger partial charge in [0.05, 0.1) is 18.1 Å². The maximum Gasteiger partial charge on any atom is 0.392 e. The minimum atomic E-state index is -4.27. The van der Waals surface area contributed by atoms with E-state index in [0.717, 1.165) is 0 Å². The van der Waals surface area contributed by atoms with E-state index < -0.39 is 28.2 Å². The summed E-state index contributed by atoms with van der Waals surface area (Å²) in [5.74, 6) is -2.10. The Labute approximate surface area is 135 Å². The fourth-order valence-electron chi connectivity index (χ4n) is 3.51. The van der Waals surface area contributed by atoms with Gasteiger partial charge in [0.15, 0.2) is 0 Å². The highest BCUT2D eigenvalue weighted by molar-refractivity contribution is 7.87. The summed E-state index contributed by atoms with van der Waals surface area (Å²) >= 11 is 0. The van der Waals surface area contributed by atoms with Crippen molar-refractivity contribution in [1.82, 2.24) is 9.03 Å². The first-order valence-electron chi connectivity index (χ1n) is 8.06. The average molecular weight is 358 g/mol. The minimum Gasteiger partial charge on any atom is -0.373 e. The summed E-state index contributed by atoms with van der Waals surface area (Å²) in [6, 6.07) is 0. The summed E-state index contributed by atoms with van der Waals surface area (Å²) in [7, 11) is -3.78. The molecular weight excluding hydrogens is 333 g/mol. The van der Waals surface area contributed by atoms with Crippen LogP contribution in [0.15, 0.2) is 0 Å². The molecule has 1 saturated carbocycles. The average Bonchev–Trinajstić information content (AvgIpc) is 2.43. The maximum atomic E-state index is 13.1. The molecule has 1 heterocycles. The summed E-state index contributed by atoms with van der Waals surface area (Å²) in [4.78, 5) is 0. The van der Waals surface area contributed by atoms with Gasteiger partial charge >= 0.3 is 6.18 Å². The fraction of sp³-hybridized carbons (Fsp3) is 1.00. The standard InChI is InChI=1S/C14H25F3N2O3S/c1-10-8-19(9-11(2)22-10)23(20,21)18-7-12-5-3-4-6-13(12)14(15,16)17/h10-13,18H,3-9H2,1-2H3/t10-,11+,12-,13-/m0/s1. The zero-order chi connectivity index (χ0) is 17.3. The lowest BCUT2D eigenvalue weighted by Crippen LogP contribution is -2.53. The Morgan fingerprint density at radius 2 is 1.70 bits per heavy atom. The molecule has 0 aromatic rings. The molecule has 1 aliphatic carbocycles. The predicted molar refractivity (Wildman–Crippen MR) is 80.0 cm³/mol. The van der Waals surface area contributed by atoms with Crippen LogP contribution in [0.25, 0.3) is 0 Å². The van der Waals surface area contributed by atoms with Crippen LogP contribution in [0.2, 0.25) is 0 Å². The van der Waals surface area contributed by atoms with Gasteiger partial charge in [-0.1, -0.05) is 12.8 Å². The molecule has 1 N–H and O–H groups in total. The minimum absolute atomic E-state index is 0.0848. The quantitative estimate of drug-likeness (QED) is 0.839. The molecule has 23 heavy (non-hydrogen) atoms. The Hall–Kier alpha value is -0.380. The van der Waals surface area contributed by atoms with Crippen LogP contribution in [-0.2, 0) is 14.9 Å². The van der Waals surface area contributed by atoms with Crippen molar-refractivity contribution in [3.63, 3.8) is 0 Å². The zero-order valence-electron chi connectivity index (χ0n) is 13.5. The molecule has 2 rings (SSSR count). The number of nitrogens with zero attached hydrogens (tertiary/aromatic N) is 1. The van der Waals surface area contributed by atoms with E-state index in [0.29, 0.717) is 19.3 Å². The Morgan fingerprint density at radius 3 is 2.26 bits per heavy atom. The third-order valence-corrected chi connectivity index (χ3v) is 6.09. The number of morpholine rings is 1. The second-order valence-electron chi connectivity index (χ2n) is 6.62. The molecule has 2 aliphatic rings. The lowest BCUT2D eigenvalue weighted by atomic mass is 9.79. The van der Waals surface area contributed by atoms with Gasteiger partial charge in [-0.3, -0.25) is 0 Å². The van der Waals surface area contributed by atoms with Crippen molar-refractivity contribution >= 4 is 10.2 Å². The molecule has 0 spiro atoms. The highest BCUT2D eigenvalue weighted by atomic mass is 32.2. The van der Waals surface area contributed by atoms with Gasteiger partial charge in [0.25, 0.3) is 10.2 Å². The molecule has 5 nitrogen and oxygen atoms in total. The number of rotatable bonds is 4. The van der Waals surface area contributed by atoms with Crippen molar-refractivity contribution in [3.8, 4) is 0 Å². The summed E-state index contributed by atoms with van der Waals surface area (Å²) < 4.78 is 73.0. The molecule has 0 radical (unpaired) electrons. The van der Waals surface area contributed by atoms with E-state index in [4.69, 9.17) is 4.74 Å². The highest BCUT2D eigenvalue weighted by Gasteiger charge is 2.45. The van der Waals surface area contributed by atoms with Gasteiger partial charge in [-0.15, -0.1) is 0 Å². The second kappa shape index (κ2) is 7.25. The Morgan fingerprint density at radius 1 is 1.13 bits per heavy atom. The van der Waals surface area contributed by atoms with E-state index in [1.807, 2.05) is 0 Å². The second-order valence-corrected chi connectivity index (χ2v) is 8.38. The lowest BCUT2D eigenvalue weighted by molar-refractivity contribution is -0.195. The van der Waals surface area contributed by atoms with Gasteiger partial charge < -0.3 is 4.74 Å². The number of hydrogen-bond acceptors (Lipinski definition) is 3. The molecule has 0 amide bonds. The maximum absolute atomic E-state index is 13.1. The summed E-state index contributed by atoms with van der Waals surface area (Å²) in [5, 5.41) is 0. The van der Waals surface area contributed by atoms with Crippen molar-refractivity contribution in [1.29, 1.82) is 0 Å². The van der Waals surface area contributed by atoms with Crippen molar-refractivity contribution in [2.45, 2.75) is 57.9 Å². The highest BCUT2D eigenvalue weighted by Crippen LogP contribution is 2.41. The van der Waals surface area contributed by atoms with Crippen LogP contribution in [-0.4, -0.2) is 50.7 Å². The topological polar surface area (TPSA) is 58.6 Å². The SMILES string of the molecule is C[C@@H]1CN(S(=O)(=O)NC[C@@H]2CCCC[C@@H]2C(F)(F)F)C[C@H](C)O1. The van der Waals surface area contributed by atoms with Crippen LogP contribution in [0.5, 0.6) is 0 Å². The van der Waals surface area contributed by atoms with E-state index in [1.54, 1.807) is 13.8 Å². The number of alkyl halides is 3. The van der Waals surface area contributed by atoms with Gasteiger partial charge in [-0.05, 0) is 32.6 Å². The van der Waals surface area contributed by atoms with Crippen LogP contribution >= 0.6 is 0 Å². The third kappa shape index (κ3) is 5.04. The number of nitrogens with one attached hydrogen (secondary N) is 1. The van der Waals surface area contributed by atoms with Crippen molar-refractivity contribution < 1.29 is 26.3 Å². The van der Waals surface area contributed by atoms with E-state index in [1.165, 1.54) is 4.31 Å². The van der Waals surface area contributed by atoms with Gasteiger partial charge in [-0.25, -0.2) is 4.72 Å². The summed E-state index contributed by atoms with van der Waals surface area (Å²) in [5.41, 5.74) is 0. The van der Waals surface area contributed by atoms with E-state index in [9.17, 15) is 21.6 Å².